The number of nitrogens with zero attached hydrogens (tertiary/aromatic N) is 3. The van der Waals surface area contributed by atoms with E-state index >= 15 is 0 Å². The fraction of sp³-hybridized carbons (Fsp3) is 0.333. The SMILES string of the molecule is Cc1nc(CC(=O)N2CCC(c3nc4ccccc4cc3C(N)=O)CC2)cs1. The standard InChI is InChI=1S/C21H22N4O2S/c1-13-23-16(12-28-13)11-19(26)25-8-6-14(7-9-25)20-17(21(22)27)10-15-4-2-3-5-18(15)24-20/h2-5,10,12,14H,6-9,11H2,1H3,(H2,22,27). The predicted molar refractivity (Wildman–Crippen MR) is 109 cm³/mol. The minimum atomic E-state index is -0.453. The number of fused-ring (bicyclic) bond motifs is 1. The smallest absolute Gasteiger partial charge is 0.250 e. The number of carbonyl (C=O) groups is 2. The molecule has 0 atom stereocenters. The van der Waals surface area contributed by atoms with Crippen LogP contribution in [0.2, 0.25) is 0 Å². The van der Waals surface area contributed by atoms with E-state index in [4.69, 9.17) is 10.7 Å². The summed E-state index contributed by atoms with van der Waals surface area (Å²) in [6.45, 7) is 3.25. The molecule has 4 rings (SSSR count). The number of aryl methyl sites for hydroxylation is 1. The highest BCUT2D eigenvalue weighted by molar-refractivity contribution is 7.09. The van der Waals surface area contributed by atoms with Crippen LogP contribution in [0.4, 0.5) is 0 Å². The number of nitrogens with two attached hydrogens (primary N) is 1. The van der Waals surface area contributed by atoms with E-state index in [1.807, 2.05) is 47.5 Å². The molecular formula is C21H22N4O2S. The number of amides is 2. The minimum Gasteiger partial charge on any atom is -0.366 e. The molecule has 3 aromatic rings. The number of likely N-dealkylation sites (tertiary alicyclic amines) is 1. The molecular weight excluding hydrogens is 372 g/mol. The first kappa shape index (κ1) is 18.6. The summed E-state index contributed by atoms with van der Waals surface area (Å²) >= 11 is 1.56. The molecule has 2 amide bonds. The Balaban J connectivity index is 1.49. The van der Waals surface area contributed by atoms with Gasteiger partial charge >= 0.3 is 0 Å². The average Bonchev–Trinajstić information content (AvgIpc) is 3.11. The van der Waals surface area contributed by atoms with Gasteiger partial charge in [0, 0.05) is 29.8 Å². The molecule has 2 N–H and O–H groups in total. The van der Waals surface area contributed by atoms with Crippen LogP contribution in [0, 0.1) is 6.92 Å². The summed E-state index contributed by atoms with van der Waals surface area (Å²) < 4.78 is 0. The molecule has 1 saturated heterocycles. The second kappa shape index (κ2) is 7.67. The lowest BCUT2D eigenvalue weighted by molar-refractivity contribution is -0.131. The Labute approximate surface area is 167 Å². The number of aromatic nitrogens is 2. The Kier molecular flexibility index (Phi) is 5.09. The Hall–Kier alpha value is -2.80. The van der Waals surface area contributed by atoms with Crippen molar-refractivity contribution < 1.29 is 9.59 Å². The number of hydrogen-bond donors (Lipinski definition) is 1. The van der Waals surface area contributed by atoms with Crippen LogP contribution in [0.15, 0.2) is 35.7 Å². The summed E-state index contributed by atoms with van der Waals surface area (Å²) in [5, 5.41) is 3.83. The molecule has 28 heavy (non-hydrogen) atoms. The van der Waals surface area contributed by atoms with Crippen molar-refractivity contribution in [1.29, 1.82) is 0 Å². The number of benzene rings is 1. The third-order valence-corrected chi connectivity index (χ3v) is 6.07. The van der Waals surface area contributed by atoms with Gasteiger partial charge in [0.2, 0.25) is 5.91 Å². The van der Waals surface area contributed by atoms with Gasteiger partial charge in [-0.25, -0.2) is 4.98 Å². The number of rotatable bonds is 4. The number of piperidine rings is 1. The van der Waals surface area contributed by atoms with Crippen LogP contribution in [-0.4, -0.2) is 39.8 Å². The van der Waals surface area contributed by atoms with Gasteiger partial charge < -0.3 is 10.6 Å². The third kappa shape index (κ3) is 3.75. The third-order valence-electron chi connectivity index (χ3n) is 5.25. The molecule has 0 bridgehead atoms. The number of carbonyl (C=O) groups excluding carboxylic acids is 2. The fourth-order valence-corrected chi connectivity index (χ4v) is 4.41. The van der Waals surface area contributed by atoms with Gasteiger partial charge in [0.25, 0.3) is 5.91 Å². The van der Waals surface area contributed by atoms with Gasteiger partial charge in [0.15, 0.2) is 0 Å². The molecule has 0 unspecified atom stereocenters. The van der Waals surface area contributed by atoms with E-state index in [1.54, 1.807) is 11.3 Å². The molecule has 2 aromatic heterocycles. The second-order valence-corrected chi connectivity index (χ2v) is 8.23. The van der Waals surface area contributed by atoms with Crippen molar-refractivity contribution in [1.82, 2.24) is 14.9 Å². The van der Waals surface area contributed by atoms with E-state index < -0.39 is 5.91 Å². The van der Waals surface area contributed by atoms with Crippen molar-refractivity contribution in [2.75, 3.05) is 13.1 Å². The van der Waals surface area contributed by atoms with Gasteiger partial charge in [-0.05, 0) is 31.9 Å². The van der Waals surface area contributed by atoms with Gasteiger partial charge in [0.05, 0.1) is 33.9 Å². The topological polar surface area (TPSA) is 89.2 Å². The van der Waals surface area contributed by atoms with Crippen LogP contribution in [0.5, 0.6) is 0 Å². The summed E-state index contributed by atoms with van der Waals surface area (Å²) in [4.78, 5) is 35.6. The first-order chi connectivity index (χ1) is 13.5. The number of thiazole rings is 1. The van der Waals surface area contributed by atoms with Crippen molar-refractivity contribution in [3.05, 3.63) is 57.7 Å². The molecule has 1 fully saturated rings. The molecule has 144 valence electrons. The second-order valence-electron chi connectivity index (χ2n) is 7.17. The van der Waals surface area contributed by atoms with E-state index in [0.717, 1.165) is 40.1 Å². The molecule has 6 nitrogen and oxygen atoms in total. The lowest BCUT2D eigenvalue weighted by atomic mass is 9.89. The highest BCUT2D eigenvalue weighted by atomic mass is 32.1. The zero-order valence-corrected chi connectivity index (χ0v) is 16.5. The molecule has 0 aliphatic carbocycles. The average molecular weight is 395 g/mol. The predicted octanol–water partition coefficient (Wildman–Crippen LogP) is 3.05. The van der Waals surface area contributed by atoms with Crippen molar-refractivity contribution in [2.24, 2.45) is 5.73 Å². The quantitative estimate of drug-likeness (QED) is 0.736. The maximum absolute atomic E-state index is 12.6. The fourth-order valence-electron chi connectivity index (χ4n) is 3.80. The van der Waals surface area contributed by atoms with Crippen molar-refractivity contribution in [3.63, 3.8) is 0 Å². The molecule has 0 saturated carbocycles. The molecule has 1 aliphatic rings. The first-order valence-electron chi connectivity index (χ1n) is 9.39. The Bertz CT molecular complexity index is 1040. The highest BCUT2D eigenvalue weighted by Gasteiger charge is 2.28. The van der Waals surface area contributed by atoms with Crippen LogP contribution in [0.25, 0.3) is 10.9 Å². The molecule has 7 heteroatoms. The van der Waals surface area contributed by atoms with E-state index in [1.165, 1.54) is 0 Å². The van der Waals surface area contributed by atoms with Crippen molar-refractivity contribution in [3.8, 4) is 0 Å². The summed E-state index contributed by atoms with van der Waals surface area (Å²) in [6.07, 6.45) is 1.89. The van der Waals surface area contributed by atoms with Crippen LogP contribution in [0.1, 0.15) is 45.5 Å². The summed E-state index contributed by atoms with van der Waals surface area (Å²) in [6, 6.07) is 9.56. The van der Waals surface area contributed by atoms with Gasteiger partial charge in [0.1, 0.15) is 0 Å². The molecule has 3 heterocycles. The van der Waals surface area contributed by atoms with E-state index in [9.17, 15) is 9.59 Å². The summed E-state index contributed by atoms with van der Waals surface area (Å²) in [5.74, 6) is -0.228. The number of pyridine rings is 1. The Morgan fingerprint density at radius 2 is 1.96 bits per heavy atom. The van der Waals surface area contributed by atoms with Crippen LogP contribution < -0.4 is 5.73 Å². The van der Waals surface area contributed by atoms with Gasteiger partial charge in [-0.3, -0.25) is 14.6 Å². The Morgan fingerprint density at radius 3 is 2.64 bits per heavy atom. The van der Waals surface area contributed by atoms with Crippen LogP contribution in [0.3, 0.4) is 0 Å². The lowest BCUT2D eigenvalue weighted by Gasteiger charge is -2.32. The van der Waals surface area contributed by atoms with Crippen molar-refractivity contribution >= 4 is 34.1 Å². The number of hydrogen-bond acceptors (Lipinski definition) is 5. The molecule has 1 aromatic carbocycles. The maximum Gasteiger partial charge on any atom is 0.250 e. The Morgan fingerprint density at radius 1 is 1.21 bits per heavy atom. The van der Waals surface area contributed by atoms with Crippen LogP contribution in [-0.2, 0) is 11.2 Å². The minimum absolute atomic E-state index is 0.102. The molecule has 0 radical (unpaired) electrons. The number of primary amides is 1. The molecule has 0 spiro atoms. The number of para-hydroxylation sites is 1. The van der Waals surface area contributed by atoms with E-state index in [0.29, 0.717) is 25.1 Å². The zero-order chi connectivity index (χ0) is 19.7. The summed E-state index contributed by atoms with van der Waals surface area (Å²) in [7, 11) is 0. The summed E-state index contributed by atoms with van der Waals surface area (Å²) in [5.41, 5.74) is 8.57. The molecule has 1 aliphatic heterocycles. The van der Waals surface area contributed by atoms with Gasteiger partial charge in [-0.2, -0.15) is 0 Å². The van der Waals surface area contributed by atoms with Gasteiger partial charge in [-0.1, -0.05) is 18.2 Å². The van der Waals surface area contributed by atoms with E-state index in [-0.39, 0.29) is 11.8 Å². The lowest BCUT2D eigenvalue weighted by Crippen LogP contribution is -2.39. The van der Waals surface area contributed by atoms with Crippen molar-refractivity contribution in [2.45, 2.75) is 32.1 Å². The normalized spacial score (nSPS) is 15.1. The zero-order valence-electron chi connectivity index (χ0n) is 15.7. The monoisotopic (exact) mass is 394 g/mol. The highest BCUT2D eigenvalue weighted by Crippen LogP contribution is 2.31. The largest absolute Gasteiger partial charge is 0.366 e. The maximum atomic E-state index is 12.6. The van der Waals surface area contributed by atoms with Gasteiger partial charge in [-0.15, -0.1) is 11.3 Å². The van der Waals surface area contributed by atoms with Crippen LogP contribution >= 0.6 is 11.3 Å². The van der Waals surface area contributed by atoms with E-state index in [2.05, 4.69) is 4.98 Å². The first-order valence-corrected chi connectivity index (χ1v) is 10.3.